The number of halogens is 4. The lowest BCUT2D eigenvalue weighted by Gasteiger charge is -2.21. The number of nitrogens with one attached hydrogen (secondary N) is 2. The molecule has 0 radical (unpaired) electrons. The monoisotopic (exact) mass is 500 g/mol. The third-order valence-electron chi connectivity index (χ3n) is 5.03. The van der Waals surface area contributed by atoms with Crippen LogP contribution in [0.5, 0.6) is 0 Å². The van der Waals surface area contributed by atoms with Crippen molar-refractivity contribution >= 4 is 27.7 Å². The maximum absolute atomic E-state index is 13.0. The van der Waals surface area contributed by atoms with Crippen LogP contribution in [0, 0.1) is 6.92 Å². The molecule has 2 N–H and O–H groups in total. The van der Waals surface area contributed by atoms with Crippen molar-refractivity contribution in [3.63, 3.8) is 0 Å². The average molecular weight is 501 g/mol. The number of allylic oxidation sites excluding steroid dienone is 1. The molecule has 0 bridgehead atoms. The molecular formula is C22H24ClF3N4O2S. The van der Waals surface area contributed by atoms with Crippen LogP contribution < -0.4 is 10.9 Å². The number of benzene rings is 2. The molecule has 1 heterocycles. The summed E-state index contributed by atoms with van der Waals surface area (Å²) >= 11 is 5.89. The molecule has 1 aliphatic rings. The number of alkyl halides is 3. The molecule has 2 aromatic carbocycles. The minimum absolute atomic E-state index is 0.0887. The first-order chi connectivity index (χ1) is 15.5. The van der Waals surface area contributed by atoms with Gasteiger partial charge in [0.15, 0.2) is 0 Å². The fourth-order valence-corrected chi connectivity index (χ4v) is 4.83. The molecule has 0 fully saturated rings. The van der Waals surface area contributed by atoms with Crippen molar-refractivity contribution in [2.75, 3.05) is 20.1 Å². The molecule has 178 valence electrons. The van der Waals surface area contributed by atoms with E-state index >= 15 is 0 Å². The zero-order chi connectivity index (χ0) is 24.2. The lowest BCUT2D eigenvalue weighted by molar-refractivity contribution is -0.137. The number of sulfonamides is 1. The standard InChI is InChI=1S/C22H24ClF3N4O2S/c1-16-6-3-4-7-17(16)14-19-10-13-30(28-19)27-11-5-12-29(2)33(31,32)21-15-18(22(24,25)26)8-9-20(21)23/h3-4,6-10,13-15,27-28H,5,11-12H2,1-2H3. The van der Waals surface area contributed by atoms with Gasteiger partial charge in [0.2, 0.25) is 10.0 Å². The van der Waals surface area contributed by atoms with Gasteiger partial charge in [-0.2, -0.15) is 13.2 Å². The topological polar surface area (TPSA) is 64.7 Å². The molecule has 0 spiro atoms. The van der Waals surface area contributed by atoms with Crippen LogP contribution in [0.15, 0.2) is 65.3 Å². The van der Waals surface area contributed by atoms with E-state index in [-0.39, 0.29) is 11.6 Å². The van der Waals surface area contributed by atoms with Crippen LogP contribution in [0.3, 0.4) is 0 Å². The predicted octanol–water partition coefficient (Wildman–Crippen LogP) is 4.56. The van der Waals surface area contributed by atoms with Crippen LogP contribution in [-0.4, -0.2) is 38.0 Å². The Bertz CT molecular complexity index is 1170. The van der Waals surface area contributed by atoms with Crippen LogP contribution in [-0.2, 0) is 16.2 Å². The minimum atomic E-state index is -4.67. The second-order valence-corrected chi connectivity index (χ2v) is 9.91. The van der Waals surface area contributed by atoms with E-state index in [4.69, 9.17) is 11.6 Å². The molecule has 0 aromatic heterocycles. The molecule has 0 aliphatic carbocycles. The average Bonchev–Trinajstić information content (AvgIpc) is 3.19. The number of aryl methyl sites for hydroxylation is 1. The van der Waals surface area contributed by atoms with Gasteiger partial charge in [0, 0.05) is 26.3 Å². The maximum atomic E-state index is 13.0. The summed E-state index contributed by atoms with van der Waals surface area (Å²) in [6.07, 6.45) is 1.45. The lowest BCUT2D eigenvalue weighted by Crippen LogP contribution is -2.41. The summed E-state index contributed by atoms with van der Waals surface area (Å²) in [5.74, 6) is 0. The van der Waals surface area contributed by atoms with Crippen LogP contribution in [0.2, 0.25) is 5.02 Å². The molecule has 33 heavy (non-hydrogen) atoms. The SMILES string of the molecule is Cc1ccccc1C=C1C=CN(NCCCN(C)S(=O)(=O)c2cc(C(F)(F)F)ccc2Cl)N1. The summed E-state index contributed by atoms with van der Waals surface area (Å²) < 4.78 is 65.4. The van der Waals surface area contributed by atoms with E-state index in [1.54, 1.807) is 11.3 Å². The van der Waals surface area contributed by atoms with Crippen LogP contribution in [0.4, 0.5) is 13.2 Å². The Kier molecular flexibility index (Phi) is 7.73. The highest BCUT2D eigenvalue weighted by Gasteiger charge is 2.33. The summed E-state index contributed by atoms with van der Waals surface area (Å²) in [5, 5.41) is 1.40. The van der Waals surface area contributed by atoms with Gasteiger partial charge in [-0.3, -0.25) is 5.43 Å². The molecule has 0 saturated heterocycles. The van der Waals surface area contributed by atoms with Gasteiger partial charge in [-0.25, -0.2) is 23.3 Å². The van der Waals surface area contributed by atoms with Crippen molar-refractivity contribution < 1.29 is 21.6 Å². The maximum Gasteiger partial charge on any atom is 0.416 e. The van der Waals surface area contributed by atoms with Gasteiger partial charge in [-0.05, 0) is 54.8 Å². The van der Waals surface area contributed by atoms with Crippen molar-refractivity contribution in [2.45, 2.75) is 24.4 Å². The summed E-state index contributed by atoms with van der Waals surface area (Å²) in [6, 6.07) is 10.2. The largest absolute Gasteiger partial charge is 0.416 e. The van der Waals surface area contributed by atoms with E-state index in [1.165, 1.54) is 7.05 Å². The fraction of sp³-hybridized carbons (Fsp3) is 0.273. The predicted molar refractivity (Wildman–Crippen MR) is 122 cm³/mol. The molecule has 1 aliphatic heterocycles. The Morgan fingerprint density at radius 1 is 1.21 bits per heavy atom. The van der Waals surface area contributed by atoms with Gasteiger partial charge in [0.25, 0.3) is 0 Å². The smallest absolute Gasteiger partial charge is 0.284 e. The third-order valence-corrected chi connectivity index (χ3v) is 7.37. The van der Waals surface area contributed by atoms with Crippen LogP contribution in [0.25, 0.3) is 6.08 Å². The Morgan fingerprint density at radius 3 is 2.64 bits per heavy atom. The molecule has 3 rings (SSSR count). The Morgan fingerprint density at radius 2 is 1.94 bits per heavy atom. The van der Waals surface area contributed by atoms with E-state index < -0.39 is 26.7 Å². The van der Waals surface area contributed by atoms with E-state index in [0.717, 1.165) is 33.3 Å². The summed E-state index contributed by atoms with van der Waals surface area (Å²) in [6.45, 7) is 2.54. The first kappa shape index (κ1) is 25.1. The van der Waals surface area contributed by atoms with Gasteiger partial charge in [0.05, 0.1) is 16.3 Å². The van der Waals surface area contributed by atoms with E-state index in [2.05, 4.69) is 10.9 Å². The molecule has 6 nitrogen and oxygen atoms in total. The molecule has 0 atom stereocenters. The van der Waals surface area contributed by atoms with Gasteiger partial charge in [0.1, 0.15) is 4.90 Å². The molecule has 0 amide bonds. The third kappa shape index (κ3) is 6.29. The second kappa shape index (κ2) is 10.2. The second-order valence-electron chi connectivity index (χ2n) is 7.49. The van der Waals surface area contributed by atoms with Crippen molar-refractivity contribution in [1.29, 1.82) is 0 Å². The zero-order valence-electron chi connectivity index (χ0n) is 18.0. The normalized spacial score (nSPS) is 15.5. The van der Waals surface area contributed by atoms with Gasteiger partial charge < -0.3 is 0 Å². The van der Waals surface area contributed by atoms with Gasteiger partial charge >= 0.3 is 6.18 Å². The van der Waals surface area contributed by atoms with Crippen molar-refractivity contribution in [3.05, 3.63) is 82.2 Å². The molecule has 0 unspecified atom stereocenters. The number of nitrogens with zero attached hydrogens (tertiary/aromatic N) is 2. The Balaban J connectivity index is 1.52. The van der Waals surface area contributed by atoms with Crippen LogP contribution in [0.1, 0.15) is 23.1 Å². The highest BCUT2D eigenvalue weighted by atomic mass is 35.5. The lowest BCUT2D eigenvalue weighted by atomic mass is 10.1. The highest BCUT2D eigenvalue weighted by Crippen LogP contribution is 2.34. The van der Waals surface area contributed by atoms with E-state index in [1.807, 2.05) is 43.3 Å². The number of hydrogen-bond acceptors (Lipinski definition) is 5. The first-order valence-corrected chi connectivity index (χ1v) is 11.9. The molecule has 11 heteroatoms. The molecular weight excluding hydrogens is 477 g/mol. The summed E-state index contributed by atoms with van der Waals surface area (Å²) in [4.78, 5) is -0.565. The molecule has 0 saturated carbocycles. The van der Waals surface area contributed by atoms with E-state index in [0.29, 0.717) is 19.0 Å². The summed E-state index contributed by atoms with van der Waals surface area (Å²) in [7, 11) is -2.87. The van der Waals surface area contributed by atoms with Crippen molar-refractivity contribution in [2.24, 2.45) is 0 Å². The van der Waals surface area contributed by atoms with Crippen molar-refractivity contribution in [3.8, 4) is 0 Å². The Labute approximate surface area is 196 Å². The van der Waals surface area contributed by atoms with Gasteiger partial charge in [-0.15, -0.1) is 0 Å². The van der Waals surface area contributed by atoms with Crippen LogP contribution >= 0.6 is 11.6 Å². The summed E-state index contributed by atoms with van der Waals surface area (Å²) in [5.41, 5.74) is 8.31. The minimum Gasteiger partial charge on any atom is -0.284 e. The number of hydrogen-bond donors (Lipinski definition) is 2. The quantitative estimate of drug-likeness (QED) is 0.520. The van der Waals surface area contributed by atoms with Gasteiger partial charge in [-0.1, -0.05) is 35.9 Å². The van der Waals surface area contributed by atoms with Crippen molar-refractivity contribution in [1.82, 2.24) is 20.3 Å². The number of hydrazine groups is 2. The number of rotatable bonds is 8. The highest BCUT2D eigenvalue weighted by molar-refractivity contribution is 7.89. The van der Waals surface area contributed by atoms with E-state index in [9.17, 15) is 21.6 Å². The first-order valence-electron chi connectivity index (χ1n) is 10.1. The fourth-order valence-electron chi connectivity index (χ4n) is 3.12. The zero-order valence-corrected chi connectivity index (χ0v) is 19.6. The molecule has 2 aromatic rings. The Hall–Kier alpha value is -2.53.